The molecule has 0 spiro atoms. The number of halogens is 3. The summed E-state index contributed by atoms with van der Waals surface area (Å²) in [6, 6.07) is 8.14. The monoisotopic (exact) mass is 313 g/mol. The number of aliphatic hydroxyl groups is 1. The van der Waals surface area contributed by atoms with Gasteiger partial charge in [-0.1, -0.05) is 12.1 Å². The predicted octanol–water partition coefficient (Wildman–Crippen LogP) is 3.39. The number of rotatable bonds is 2. The van der Waals surface area contributed by atoms with Crippen LogP contribution in [-0.2, 0) is 0 Å². The van der Waals surface area contributed by atoms with Crippen molar-refractivity contribution < 1.29 is 13.9 Å². The van der Waals surface area contributed by atoms with E-state index in [0.29, 0.717) is 0 Å². The lowest BCUT2D eigenvalue weighted by molar-refractivity contribution is 0.215. The summed E-state index contributed by atoms with van der Waals surface area (Å²) in [4.78, 5) is 0. The molecule has 0 radical (unpaired) electrons. The van der Waals surface area contributed by atoms with Crippen LogP contribution in [0.1, 0.15) is 17.2 Å². The molecule has 5 heteroatoms. The van der Waals surface area contributed by atoms with Crippen molar-refractivity contribution in [3.8, 4) is 0 Å². The maximum absolute atomic E-state index is 13.8. The Labute approximate surface area is 111 Å². The molecule has 1 unspecified atom stereocenters. The highest BCUT2D eigenvalue weighted by Crippen LogP contribution is 2.31. The zero-order valence-electron chi connectivity index (χ0n) is 9.20. The molecule has 2 aromatic carbocycles. The first-order valence-electron chi connectivity index (χ1n) is 5.17. The first-order chi connectivity index (χ1) is 8.50. The summed E-state index contributed by atoms with van der Waals surface area (Å²) in [6.07, 6.45) is -1.31. The molecule has 0 aliphatic carbocycles. The van der Waals surface area contributed by atoms with E-state index in [2.05, 4.69) is 15.9 Å². The summed E-state index contributed by atoms with van der Waals surface area (Å²) in [5.74, 6) is -1.12. The summed E-state index contributed by atoms with van der Waals surface area (Å²) in [6.45, 7) is 0. The second kappa shape index (κ2) is 5.04. The van der Waals surface area contributed by atoms with Gasteiger partial charge in [-0.15, -0.1) is 0 Å². The van der Waals surface area contributed by atoms with Crippen molar-refractivity contribution in [1.82, 2.24) is 0 Å². The Balaban J connectivity index is 2.51. The van der Waals surface area contributed by atoms with Gasteiger partial charge in [-0.25, -0.2) is 8.78 Å². The molecule has 94 valence electrons. The molecule has 0 saturated heterocycles. The maximum Gasteiger partial charge on any atom is 0.143 e. The zero-order valence-corrected chi connectivity index (χ0v) is 10.8. The molecule has 0 heterocycles. The smallest absolute Gasteiger partial charge is 0.143 e. The van der Waals surface area contributed by atoms with Gasteiger partial charge in [0.2, 0.25) is 0 Å². The van der Waals surface area contributed by atoms with Gasteiger partial charge in [-0.05, 0) is 40.2 Å². The molecule has 0 amide bonds. The summed E-state index contributed by atoms with van der Waals surface area (Å²) >= 11 is 3.03. The summed E-state index contributed by atoms with van der Waals surface area (Å²) in [5, 5.41) is 10.1. The Kier molecular flexibility index (Phi) is 3.63. The summed E-state index contributed by atoms with van der Waals surface area (Å²) < 4.78 is 27.2. The van der Waals surface area contributed by atoms with Gasteiger partial charge < -0.3 is 10.8 Å². The molecule has 18 heavy (non-hydrogen) atoms. The second-order valence-corrected chi connectivity index (χ2v) is 4.67. The standard InChI is InChI=1S/C13H10BrF2NO/c14-10-3-1-2-8(12(10)16)13(18)9-6-7(15)4-5-11(9)17/h1-6,13,18H,17H2. The van der Waals surface area contributed by atoms with Gasteiger partial charge in [0.1, 0.15) is 17.7 Å². The van der Waals surface area contributed by atoms with Crippen molar-refractivity contribution >= 4 is 21.6 Å². The molecule has 3 N–H and O–H groups in total. The van der Waals surface area contributed by atoms with Crippen LogP contribution in [-0.4, -0.2) is 5.11 Å². The average Bonchev–Trinajstić information content (AvgIpc) is 2.35. The van der Waals surface area contributed by atoms with Crippen LogP contribution in [0.25, 0.3) is 0 Å². The number of hydrogen-bond donors (Lipinski definition) is 2. The highest BCUT2D eigenvalue weighted by Gasteiger charge is 2.19. The fourth-order valence-corrected chi connectivity index (χ4v) is 2.06. The highest BCUT2D eigenvalue weighted by molar-refractivity contribution is 9.10. The summed E-state index contributed by atoms with van der Waals surface area (Å²) in [5.41, 5.74) is 6.05. The lowest BCUT2D eigenvalue weighted by atomic mass is 9.99. The van der Waals surface area contributed by atoms with Crippen LogP contribution in [0.3, 0.4) is 0 Å². The minimum absolute atomic E-state index is 0.0432. The fourth-order valence-electron chi connectivity index (χ4n) is 1.68. The lowest BCUT2D eigenvalue weighted by Crippen LogP contribution is -2.06. The molecule has 0 aliphatic rings. The van der Waals surface area contributed by atoms with E-state index in [0.717, 1.165) is 6.07 Å². The Bertz CT molecular complexity index is 587. The van der Waals surface area contributed by atoms with Crippen LogP contribution in [0, 0.1) is 11.6 Å². The second-order valence-electron chi connectivity index (χ2n) is 3.82. The normalized spacial score (nSPS) is 12.4. The molecule has 0 fully saturated rings. The van der Waals surface area contributed by atoms with E-state index in [1.807, 2.05) is 0 Å². The molecule has 2 nitrogen and oxygen atoms in total. The lowest BCUT2D eigenvalue weighted by Gasteiger charge is -2.15. The fraction of sp³-hybridized carbons (Fsp3) is 0.0769. The Morgan fingerprint density at radius 3 is 2.56 bits per heavy atom. The van der Waals surface area contributed by atoms with Gasteiger partial charge in [0.05, 0.1) is 4.47 Å². The number of nitrogens with two attached hydrogens (primary N) is 1. The average molecular weight is 314 g/mol. The Hall–Kier alpha value is -1.46. The van der Waals surface area contributed by atoms with Crippen molar-refractivity contribution in [1.29, 1.82) is 0 Å². The van der Waals surface area contributed by atoms with Crippen LogP contribution in [0.2, 0.25) is 0 Å². The minimum Gasteiger partial charge on any atom is -0.398 e. The number of aliphatic hydroxyl groups excluding tert-OH is 1. The predicted molar refractivity (Wildman–Crippen MR) is 69.0 cm³/mol. The quantitative estimate of drug-likeness (QED) is 0.835. The van der Waals surface area contributed by atoms with E-state index in [1.165, 1.54) is 24.3 Å². The van der Waals surface area contributed by atoms with Crippen molar-refractivity contribution in [3.63, 3.8) is 0 Å². The van der Waals surface area contributed by atoms with Crippen LogP contribution < -0.4 is 5.73 Å². The molecule has 0 saturated carbocycles. The van der Waals surface area contributed by atoms with Crippen LogP contribution in [0.5, 0.6) is 0 Å². The van der Waals surface area contributed by atoms with Crippen molar-refractivity contribution in [2.75, 3.05) is 5.73 Å². The minimum atomic E-state index is -1.31. The number of benzene rings is 2. The molecule has 2 aromatic rings. The van der Waals surface area contributed by atoms with Gasteiger partial charge in [-0.3, -0.25) is 0 Å². The Morgan fingerprint density at radius 2 is 1.83 bits per heavy atom. The molecular formula is C13H10BrF2NO. The van der Waals surface area contributed by atoms with Gasteiger partial charge >= 0.3 is 0 Å². The number of nitrogen functional groups attached to an aromatic ring is 1. The number of hydrogen-bond acceptors (Lipinski definition) is 2. The van der Waals surface area contributed by atoms with E-state index < -0.39 is 17.7 Å². The van der Waals surface area contributed by atoms with Crippen molar-refractivity contribution in [3.05, 3.63) is 63.6 Å². The highest BCUT2D eigenvalue weighted by atomic mass is 79.9. The van der Waals surface area contributed by atoms with E-state index in [4.69, 9.17) is 5.73 Å². The first kappa shape index (κ1) is 13.0. The molecule has 0 aromatic heterocycles. The summed E-state index contributed by atoms with van der Waals surface area (Å²) in [7, 11) is 0. The third kappa shape index (κ3) is 2.37. The van der Waals surface area contributed by atoms with E-state index in [1.54, 1.807) is 6.07 Å². The molecule has 0 aliphatic heterocycles. The van der Waals surface area contributed by atoms with E-state index in [-0.39, 0.29) is 21.3 Å². The van der Waals surface area contributed by atoms with Crippen LogP contribution in [0.4, 0.5) is 14.5 Å². The third-order valence-corrected chi connectivity index (χ3v) is 3.23. The maximum atomic E-state index is 13.8. The van der Waals surface area contributed by atoms with Gasteiger partial charge in [0, 0.05) is 16.8 Å². The SMILES string of the molecule is Nc1ccc(F)cc1C(O)c1cccc(Br)c1F. The van der Waals surface area contributed by atoms with Crippen LogP contribution in [0.15, 0.2) is 40.9 Å². The topological polar surface area (TPSA) is 46.2 Å². The van der Waals surface area contributed by atoms with Gasteiger partial charge in [0.15, 0.2) is 0 Å². The third-order valence-electron chi connectivity index (χ3n) is 2.62. The van der Waals surface area contributed by atoms with Crippen molar-refractivity contribution in [2.24, 2.45) is 0 Å². The number of anilines is 1. The zero-order chi connectivity index (χ0) is 13.3. The molecule has 0 bridgehead atoms. The van der Waals surface area contributed by atoms with Crippen molar-refractivity contribution in [2.45, 2.75) is 6.10 Å². The molecule has 2 rings (SSSR count). The molecule has 1 atom stereocenters. The van der Waals surface area contributed by atoms with E-state index >= 15 is 0 Å². The Morgan fingerprint density at radius 1 is 1.11 bits per heavy atom. The largest absolute Gasteiger partial charge is 0.398 e. The first-order valence-corrected chi connectivity index (χ1v) is 5.97. The molecular weight excluding hydrogens is 304 g/mol. The van der Waals surface area contributed by atoms with E-state index in [9.17, 15) is 13.9 Å². The van der Waals surface area contributed by atoms with Crippen LogP contribution >= 0.6 is 15.9 Å². The van der Waals surface area contributed by atoms with Gasteiger partial charge in [-0.2, -0.15) is 0 Å². The van der Waals surface area contributed by atoms with Gasteiger partial charge in [0.25, 0.3) is 0 Å².